The van der Waals surface area contributed by atoms with Crippen LogP contribution in [-0.4, -0.2) is 28.5 Å². The van der Waals surface area contributed by atoms with Gasteiger partial charge in [-0.15, -0.1) is 0 Å². The first-order valence-corrected chi connectivity index (χ1v) is 2.24. The number of alkyl halides is 6. The molecule has 2 N–H and O–H groups in total. The molecule has 0 fully saturated rings. The summed E-state index contributed by atoms with van der Waals surface area (Å²) >= 11 is 0. The van der Waals surface area contributed by atoms with Crippen LogP contribution in [0.1, 0.15) is 0 Å². The van der Waals surface area contributed by atoms with E-state index >= 15 is 0 Å². The maximum absolute atomic E-state index is 11.8. The molecule has 0 aliphatic carbocycles. The van der Waals surface area contributed by atoms with Crippen molar-refractivity contribution in [3.8, 4) is 0 Å². The Hall–Kier alpha value is -0.540. The fraction of sp³-hybridized carbons (Fsp3) is 1.00. The Kier molecular flexibility index (Phi) is 2.62. The summed E-state index contributed by atoms with van der Waals surface area (Å²) < 4.78 is 68.6. The summed E-state index contributed by atoms with van der Waals surface area (Å²) in [5.74, 6) is -5.92. The van der Waals surface area contributed by atoms with E-state index in [0.29, 0.717) is 0 Å². The molecule has 0 aliphatic heterocycles. The van der Waals surface area contributed by atoms with Crippen molar-refractivity contribution in [3.63, 3.8) is 0 Å². The third-order valence-electron chi connectivity index (χ3n) is 0.876. The fourth-order valence-electron chi connectivity index (χ4n) is 0.225. The number of rotatable bonds is 2. The zero-order valence-corrected chi connectivity index (χ0v) is 5.07. The molecule has 0 rings (SSSR count). The number of halogens is 6. The molecule has 1 unspecified atom stereocenters. The lowest BCUT2D eigenvalue weighted by atomic mass is 10.3. The SMILES string of the molecule is OOC(F)(F)C(O)(F)C(F)(F)F. The van der Waals surface area contributed by atoms with E-state index in [-0.39, 0.29) is 0 Å². The molecule has 0 spiro atoms. The zero-order chi connectivity index (χ0) is 10.2. The van der Waals surface area contributed by atoms with Gasteiger partial charge in [-0.1, -0.05) is 0 Å². The second kappa shape index (κ2) is 2.75. The highest BCUT2D eigenvalue weighted by molar-refractivity contribution is 4.83. The molecule has 0 saturated carbocycles. The zero-order valence-electron chi connectivity index (χ0n) is 5.07. The Morgan fingerprint density at radius 1 is 0.917 bits per heavy atom. The minimum atomic E-state index is -6.26. The number of hydrogen-bond acceptors (Lipinski definition) is 3. The van der Waals surface area contributed by atoms with Crippen molar-refractivity contribution in [1.82, 2.24) is 0 Å². The van der Waals surface area contributed by atoms with Crippen molar-refractivity contribution in [2.45, 2.75) is 18.1 Å². The monoisotopic (exact) mass is 200 g/mol. The second-order valence-electron chi connectivity index (χ2n) is 1.73. The molecule has 12 heavy (non-hydrogen) atoms. The first-order valence-electron chi connectivity index (χ1n) is 2.24. The van der Waals surface area contributed by atoms with Gasteiger partial charge in [0.1, 0.15) is 0 Å². The fourth-order valence-corrected chi connectivity index (χ4v) is 0.225. The summed E-state index contributed by atoms with van der Waals surface area (Å²) in [5, 5.41) is 14.7. The van der Waals surface area contributed by atoms with E-state index in [1.54, 1.807) is 0 Å². The molecule has 0 amide bonds. The Bertz CT molecular complexity index is 162. The van der Waals surface area contributed by atoms with E-state index in [2.05, 4.69) is 0 Å². The first-order chi connectivity index (χ1) is 5.06. The lowest BCUT2D eigenvalue weighted by Crippen LogP contribution is -2.56. The third kappa shape index (κ3) is 1.62. The van der Waals surface area contributed by atoms with Crippen LogP contribution in [-0.2, 0) is 4.89 Å². The highest BCUT2D eigenvalue weighted by Crippen LogP contribution is 2.43. The van der Waals surface area contributed by atoms with Crippen LogP contribution in [0, 0.1) is 0 Å². The Balaban J connectivity index is 4.85. The average Bonchev–Trinajstić information content (AvgIpc) is 1.85. The van der Waals surface area contributed by atoms with Crippen molar-refractivity contribution in [3.05, 3.63) is 0 Å². The van der Waals surface area contributed by atoms with Gasteiger partial charge in [-0.05, 0) is 0 Å². The van der Waals surface area contributed by atoms with Crippen LogP contribution < -0.4 is 0 Å². The first kappa shape index (κ1) is 11.5. The van der Waals surface area contributed by atoms with Crippen LogP contribution in [0.2, 0.25) is 0 Å². The summed E-state index contributed by atoms with van der Waals surface area (Å²) in [6.45, 7) is 0. The maximum atomic E-state index is 11.8. The van der Waals surface area contributed by atoms with Crippen molar-refractivity contribution in [2.24, 2.45) is 0 Å². The van der Waals surface area contributed by atoms with E-state index in [1.807, 2.05) is 4.89 Å². The van der Waals surface area contributed by atoms with Gasteiger partial charge in [0.2, 0.25) is 0 Å². The predicted octanol–water partition coefficient (Wildman–Crippen LogP) is 1.29. The van der Waals surface area contributed by atoms with Gasteiger partial charge in [-0.3, -0.25) is 0 Å². The van der Waals surface area contributed by atoms with E-state index in [9.17, 15) is 26.3 Å². The highest BCUT2D eigenvalue weighted by atomic mass is 19.4. The van der Waals surface area contributed by atoms with Crippen molar-refractivity contribution in [2.75, 3.05) is 0 Å². The molecule has 0 aromatic rings. The van der Waals surface area contributed by atoms with Crippen LogP contribution in [0.15, 0.2) is 0 Å². The summed E-state index contributed by atoms with van der Waals surface area (Å²) in [5.41, 5.74) is 0. The lowest BCUT2D eigenvalue weighted by Gasteiger charge is -2.26. The summed E-state index contributed by atoms with van der Waals surface area (Å²) in [7, 11) is 0. The lowest BCUT2D eigenvalue weighted by molar-refractivity contribution is -0.516. The molecule has 0 saturated heterocycles. The van der Waals surface area contributed by atoms with E-state index in [4.69, 9.17) is 10.4 Å². The van der Waals surface area contributed by atoms with E-state index < -0.39 is 18.1 Å². The molecule has 0 aromatic heterocycles. The molecule has 1 atom stereocenters. The van der Waals surface area contributed by atoms with Gasteiger partial charge in [-0.2, -0.15) is 31.2 Å². The van der Waals surface area contributed by atoms with Gasteiger partial charge in [0.05, 0.1) is 0 Å². The highest BCUT2D eigenvalue weighted by Gasteiger charge is 2.73. The molecular formula is C3H2F6O3. The number of hydrogen-bond donors (Lipinski definition) is 2. The summed E-state index contributed by atoms with van der Waals surface area (Å²) in [4.78, 5) is 1.85. The van der Waals surface area contributed by atoms with Crippen LogP contribution in [0.25, 0.3) is 0 Å². The second-order valence-corrected chi connectivity index (χ2v) is 1.73. The molecule has 9 heteroatoms. The summed E-state index contributed by atoms with van der Waals surface area (Å²) in [6, 6.07) is 0. The topological polar surface area (TPSA) is 49.7 Å². The van der Waals surface area contributed by atoms with Crippen LogP contribution in [0.3, 0.4) is 0 Å². The smallest absolute Gasteiger partial charge is 0.348 e. The van der Waals surface area contributed by atoms with Crippen molar-refractivity contribution < 1.29 is 41.6 Å². The minimum Gasteiger partial charge on any atom is -0.348 e. The van der Waals surface area contributed by atoms with Crippen LogP contribution in [0.5, 0.6) is 0 Å². The van der Waals surface area contributed by atoms with Crippen molar-refractivity contribution >= 4 is 0 Å². The summed E-state index contributed by atoms with van der Waals surface area (Å²) in [6.07, 6.45) is -12.0. The third-order valence-corrected chi connectivity index (χ3v) is 0.876. The van der Waals surface area contributed by atoms with Gasteiger partial charge >= 0.3 is 18.1 Å². The Labute approximate surface area is 61.1 Å². The predicted molar refractivity (Wildman–Crippen MR) is 20.8 cm³/mol. The van der Waals surface area contributed by atoms with Crippen molar-refractivity contribution in [1.29, 1.82) is 0 Å². The Morgan fingerprint density at radius 3 is 1.33 bits per heavy atom. The van der Waals surface area contributed by atoms with Crippen LogP contribution >= 0.6 is 0 Å². The normalized spacial score (nSPS) is 19.0. The molecule has 3 nitrogen and oxygen atoms in total. The van der Waals surface area contributed by atoms with Gasteiger partial charge in [0.15, 0.2) is 0 Å². The molecule has 0 aliphatic rings. The maximum Gasteiger partial charge on any atom is 0.457 e. The quantitative estimate of drug-likeness (QED) is 0.401. The van der Waals surface area contributed by atoms with Gasteiger partial charge in [0, 0.05) is 0 Å². The molecular weight excluding hydrogens is 198 g/mol. The van der Waals surface area contributed by atoms with Gasteiger partial charge in [0.25, 0.3) is 0 Å². The molecule has 0 radical (unpaired) electrons. The molecule has 74 valence electrons. The largest absolute Gasteiger partial charge is 0.457 e. The molecule has 0 bridgehead atoms. The average molecular weight is 200 g/mol. The van der Waals surface area contributed by atoms with E-state index in [1.165, 1.54) is 0 Å². The Morgan fingerprint density at radius 2 is 1.25 bits per heavy atom. The van der Waals surface area contributed by atoms with Gasteiger partial charge in [-0.25, -0.2) is 5.26 Å². The molecule has 0 heterocycles. The minimum absolute atomic E-state index is 1.85. The standard InChI is InChI=1S/C3H2F6O3/c4-1(10,2(5,6)7)3(8,9)12-11/h10-11H. The number of aliphatic hydroxyl groups is 1. The van der Waals surface area contributed by atoms with Gasteiger partial charge < -0.3 is 5.11 Å². The van der Waals surface area contributed by atoms with Crippen LogP contribution in [0.4, 0.5) is 26.3 Å². The van der Waals surface area contributed by atoms with E-state index in [0.717, 1.165) is 0 Å². The molecule has 0 aromatic carbocycles.